The molecule has 1 aliphatic rings. The zero-order chi connectivity index (χ0) is 14.1. The van der Waals surface area contributed by atoms with Gasteiger partial charge in [0.05, 0.1) is 11.2 Å². The van der Waals surface area contributed by atoms with Gasteiger partial charge in [0.2, 0.25) is 20.0 Å². The highest BCUT2D eigenvalue weighted by atomic mass is 32.2. The van der Waals surface area contributed by atoms with Crippen LogP contribution in [-0.2, 0) is 20.0 Å². The second-order valence-electron chi connectivity index (χ2n) is 4.54. The van der Waals surface area contributed by atoms with Crippen molar-refractivity contribution in [1.29, 1.82) is 0 Å². The fourth-order valence-corrected chi connectivity index (χ4v) is 4.18. The van der Waals surface area contributed by atoms with Crippen LogP contribution in [0.15, 0.2) is 35.2 Å². The highest BCUT2D eigenvalue weighted by Gasteiger charge is 2.31. The summed E-state index contributed by atoms with van der Waals surface area (Å²) in [6.07, 6.45) is 1.61. The summed E-state index contributed by atoms with van der Waals surface area (Å²) in [7, 11) is -6.84. The maximum absolute atomic E-state index is 12.1. The average molecular weight is 304 g/mol. The Morgan fingerprint density at radius 3 is 2.32 bits per heavy atom. The third kappa shape index (κ3) is 3.53. The molecule has 1 aromatic rings. The van der Waals surface area contributed by atoms with Crippen molar-refractivity contribution in [3.05, 3.63) is 30.3 Å². The van der Waals surface area contributed by atoms with Crippen molar-refractivity contribution in [2.75, 3.05) is 19.3 Å². The summed E-state index contributed by atoms with van der Waals surface area (Å²) in [5.74, 6) is 0. The van der Waals surface area contributed by atoms with Gasteiger partial charge in [0.25, 0.3) is 0 Å². The van der Waals surface area contributed by atoms with Gasteiger partial charge in [-0.05, 0) is 18.6 Å². The Morgan fingerprint density at radius 2 is 1.79 bits per heavy atom. The quantitative estimate of drug-likeness (QED) is 0.848. The molecule has 0 bridgehead atoms. The van der Waals surface area contributed by atoms with E-state index in [2.05, 4.69) is 4.72 Å². The third-order valence-electron chi connectivity index (χ3n) is 3.00. The highest BCUT2D eigenvalue weighted by Crippen LogP contribution is 2.16. The van der Waals surface area contributed by atoms with E-state index in [0.717, 1.165) is 6.26 Å². The first-order valence-corrected chi connectivity index (χ1v) is 9.15. The van der Waals surface area contributed by atoms with E-state index in [1.165, 1.54) is 16.4 Å². The molecule has 0 aromatic heterocycles. The summed E-state index contributed by atoms with van der Waals surface area (Å²) in [4.78, 5) is 0.188. The second-order valence-corrected chi connectivity index (χ2v) is 8.24. The molecule has 8 heteroatoms. The highest BCUT2D eigenvalue weighted by molar-refractivity contribution is 7.89. The van der Waals surface area contributed by atoms with Gasteiger partial charge < -0.3 is 0 Å². The van der Waals surface area contributed by atoms with Gasteiger partial charge in [-0.15, -0.1) is 0 Å². The molecular weight excluding hydrogens is 288 g/mol. The predicted octanol–water partition coefficient (Wildman–Crippen LogP) is -0.00120. The predicted molar refractivity (Wildman–Crippen MR) is 71.6 cm³/mol. The van der Waals surface area contributed by atoms with Gasteiger partial charge in [-0.1, -0.05) is 18.2 Å². The normalized spacial score (nSPS) is 21.6. The lowest BCUT2D eigenvalue weighted by Crippen LogP contribution is -2.38. The van der Waals surface area contributed by atoms with Crippen LogP contribution >= 0.6 is 0 Å². The number of hydrogen-bond acceptors (Lipinski definition) is 4. The molecule has 1 unspecified atom stereocenters. The van der Waals surface area contributed by atoms with E-state index in [-0.39, 0.29) is 17.5 Å². The SMILES string of the molecule is CS(=O)(=O)N1CCC(NS(=O)(=O)c2ccccc2)C1. The molecule has 1 heterocycles. The molecule has 19 heavy (non-hydrogen) atoms. The summed E-state index contributed by atoms with van der Waals surface area (Å²) in [5.41, 5.74) is 0. The Hall–Kier alpha value is -0.960. The van der Waals surface area contributed by atoms with Crippen molar-refractivity contribution >= 4 is 20.0 Å². The molecule has 1 fully saturated rings. The number of sulfonamides is 2. The molecule has 1 atom stereocenters. The van der Waals surface area contributed by atoms with E-state index in [1.807, 2.05) is 0 Å². The minimum absolute atomic E-state index is 0.185. The molecule has 0 saturated carbocycles. The Balaban J connectivity index is 2.08. The molecule has 0 spiro atoms. The fourth-order valence-electron chi connectivity index (χ4n) is 2.01. The maximum Gasteiger partial charge on any atom is 0.240 e. The van der Waals surface area contributed by atoms with Crippen LogP contribution < -0.4 is 4.72 Å². The first-order valence-electron chi connectivity index (χ1n) is 5.81. The van der Waals surface area contributed by atoms with Crippen LogP contribution in [-0.4, -0.2) is 46.5 Å². The Kier molecular flexibility index (Phi) is 3.95. The first-order chi connectivity index (χ1) is 8.79. The van der Waals surface area contributed by atoms with Gasteiger partial charge in [0.1, 0.15) is 0 Å². The molecule has 1 saturated heterocycles. The minimum Gasteiger partial charge on any atom is -0.213 e. The molecule has 0 amide bonds. The number of hydrogen-bond donors (Lipinski definition) is 1. The summed E-state index contributed by atoms with van der Waals surface area (Å²) in [5, 5.41) is 0. The van der Waals surface area contributed by atoms with Crippen LogP contribution in [0.25, 0.3) is 0 Å². The van der Waals surface area contributed by atoms with Crippen LogP contribution in [0.2, 0.25) is 0 Å². The molecule has 0 radical (unpaired) electrons. The molecule has 0 aliphatic carbocycles. The van der Waals surface area contributed by atoms with Crippen molar-refractivity contribution in [3.8, 4) is 0 Å². The average Bonchev–Trinajstić information content (AvgIpc) is 2.78. The Labute approximate surface area is 113 Å². The van der Waals surface area contributed by atoms with Crippen LogP contribution in [0.3, 0.4) is 0 Å². The number of nitrogens with zero attached hydrogens (tertiary/aromatic N) is 1. The van der Waals surface area contributed by atoms with Crippen molar-refractivity contribution < 1.29 is 16.8 Å². The van der Waals surface area contributed by atoms with E-state index in [0.29, 0.717) is 13.0 Å². The van der Waals surface area contributed by atoms with E-state index in [1.54, 1.807) is 18.2 Å². The Morgan fingerprint density at radius 1 is 1.16 bits per heavy atom. The molecule has 106 valence electrons. The Bertz CT molecular complexity index is 641. The minimum atomic E-state index is -3.58. The standard InChI is InChI=1S/C11H16N2O4S2/c1-18(14,15)13-8-7-10(9-13)12-19(16,17)11-5-3-2-4-6-11/h2-6,10,12H,7-9H2,1H3. The summed E-state index contributed by atoms with van der Waals surface area (Å²) >= 11 is 0. The number of benzene rings is 1. The van der Waals surface area contributed by atoms with E-state index >= 15 is 0 Å². The van der Waals surface area contributed by atoms with Crippen LogP contribution in [0.1, 0.15) is 6.42 Å². The van der Waals surface area contributed by atoms with E-state index < -0.39 is 20.0 Å². The molecule has 1 aliphatic heterocycles. The monoisotopic (exact) mass is 304 g/mol. The van der Waals surface area contributed by atoms with Crippen molar-refractivity contribution in [1.82, 2.24) is 9.03 Å². The van der Waals surface area contributed by atoms with Gasteiger partial charge in [-0.3, -0.25) is 0 Å². The lowest BCUT2D eigenvalue weighted by molar-refractivity contribution is 0.472. The number of rotatable bonds is 4. The molecule has 1 aromatic carbocycles. The van der Waals surface area contributed by atoms with Crippen LogP contribution in [0.5, 0.6) is 0 Å². The lowest BCUT2D eigenvalue weighted by atomic mass is 10.3. The molecule has 6 nitrogen and oxygen atoms in total. The van der Waals surface area contributed by atoms with Crippen molar-refractivity contribution in [2.45, 2.75) is 17.4 Å². The van der Waals surface area contributed by atoms with Gasteiger partial charge in [0.15, 0.2) is 0 Å². The summed E-state index contributed by atoms with van der Waals surface area (Å²) < 4.78 is 50.7. The second kappa shape index (κ2) is 5.20. The fraction of sp³-hybridized carbons (Fsp3) is 0.455. The maximum atomic E-state index is 12.1. The van der Waals surface area contributed by atoms with Gasteiger partial charge >= 0.3 is 0 Å². The molecular formula is C11H16N2O4S2. The molecule has 1 N–H and O–H groups in total. The first kappa shape index (κ1) is 14.4. The number of nitrogens with one attached hydrogen (secondary N) is 1. The lowest BCUT2D eigenvalue weighted by Gasteiger charge is -2.14. The topological polar surface area (TPSA) is 83.6 Å². The van der Waals surface area contributed by atoms with Crippen LogP contribution in [0.4, 0.5) is 0 Å². The summed E-state index contributed by atoms with van der Waals surface area (Å²) in [6.45, 7) is 0.533. The zero-order valence-electron chi connectivity index (χ0n) is 10.5. The van der Waals surface area contributed by atoms with Crippen molar-refractivity contribution in [3.63, 3.8) is 0 Å². The smallest absolute Gasteiger partial charge is 0.213 e. The van der Waals surface area contributed by atoms with Crippen LogP contribution in [0, 0.1) is 0 Å². The van der Waals surface area contributed by atoms with E-state index in [9.17, 15) is 16.8 Å². The van der Waals surface area contributed by atoms with Crippen molar-refractivity contribution in [2.24, 2.45) is 0 Å². The van der Waals surface area contributed by atoms with Gasteiger partial charge in [-0.25, -0.2) is 25.9 Å². The van der Waals surface area contributed by atoms with Gasteiger partial charge in [0, 0.05) is 19.1 Å². The largest absolute Gasteiger partial charge is 0.240 e. The van der Waals surface area contributed by atoms with Gasteiger partial charge in [-0.2, -0.15) is 0 Å². The molecule has 2 rings (SSSR count). The third-order valence-corrected chi connectivity index (χ3v) is 5.80. The zero-order valence-corrected chi connectivity index (χ0v) is 12.1. The summed E-state index contributed by atoms with van der Waals surface area (Å²) in [6, 6.07) is 7.66. The van der Waals surface area contributed by atoms with E-state index in [4.69, 9.17) is 0 Å².